The van der Waals surface area contributed by atoms with Gasteiger partial charge >= 0.3 is 0 Å². The molecule has 0 amide bonds. The Morgan fingerprint density at radius 3 is 2.75 bits per heavy atom. The highest BCUT2D eigenvalue weighted by Gasteiger charge is 2.11. The van der Waals surface area contributed by atoms with Crippen LogP contribution in [0.25, 0.3) is 0 Å². The van der Waals surface area contributed by atoms with Gasteiger partial charge in [-0.2, -0.15) is 0 Å². The summed E-state index contributed by atoms with van der Waals surface area (Å²) in [6, 6.07) is 8.46. The molecule has 0 saturated carbocycles. The molecule has 108 valence electrons. The fourth-order valence-electron chi connectivity index (χ4n) is 2.27. The summed E-state index contributed by atoms with van der Waals surface area (Å²) in [7, 11) is 2.05. The molecule has 2 aromatic rings. The summed E-state index contributed by atoms with van der Waals surface area (Å²) in [6.07, 6.45) is 3.46. The van der Waals surface area contributed by atoms with E-state index in [-0.39, 0.29) is 6.04 Å². The van der Waals surface area contributed by atoms with Gasteiger partial charge in [0.25, 0.3) is 0 Å². The van der Waals surface area contributed by atoms with Crippen LogP contribution in [0.5, 0.6) is 0 Å². The van der Waals surface area contributed by atoms with Crippen molar-refractivity contribution >= 4 is 17.3 Å². The van der Waals surface area contributed by atoms with Crippen molar-refractivity contribution in [2.24, 2.45) is 0 Å². The van der Waals surface area contributed by atoms with Crippen molar-refractivity contribution in [1.29, 1.82) is 0 Å². The molecule has 0 saturated heterocycles. The molecule has 0 spiro atoms. The molecule has 3 nitrogen and oxygen atoms in total. The Balaban J connectivity index is 2.11. The van der Waals surface area contributed by atoms with Gasteiger partial charge in [0.05, 0.1) is 12.5 Å². The number of nitrogens with zero attached hydrogens (tertiary/aromatic N) is 1. The number of halogens is 1. The summed E-state index contributed by atoms with van der Waals surface area (Å²) in [5.74, 6) is 0. The lowest BCUT2D eigenvalue weighted by molar-refractivity contribution is 0.563. The molecule has 0 fully saturated rings. The summed E-state index contributed by atoms with van der Waals surface area (Å²) in [5.41, 5.74) is 3.38. The van der Waals surface area contributed by atoms with Gasteiger partial charge in [0.15, 0.2) is 0 Å². The average Bonchev–Trinajstić information content (AvgIpc) is 2.91. The quantitative estimate of drug-likeness (QED) is 0.863. The zero-order valence-electron chi connectivity index (χ0n) is 12.2. The van der Waals surface area contributed by atoms with E-state index < -0.39 is 0 Å². The van der Waals surface area contributed by atoms with E-state index >= 15 is 0 Å². The standard InChI is InChI=1S/C16H21ClN2O/c1-4-18-12(2)15-6-5-14(9-16(15)17)19(3)10-13-7-8-20-11-13/h5-9,11-12,18H,4,10H2,1-3H3. The van der Waals surface area contributed by atoms with Gasteiger partial charge in [0.2, 0.25) is 0 Å². The van der Waals surface area contributed by atoms with Crippen LogP contribution in [0.15, 0.2) is 41.2 Å². The second kappa shape index (κ2) is 6.82. The van der Waals surface area contributed by atoms with Crippen LogP contribution in [0.1, 0.15) is 31.0 Å². The third kappa shape index (κ3) is 3.56. The SMILES string of the molecule is CCNC(C)c1ccc(N(C)Cc2ccoc2)cc1Cl. The first-order valence-corrected chi connectivity index (χ1v) is 7.24. The Hall–Kier alpha value is -1.45. The minimum absolute atomic E-state index is 0.265. The van der Waals surface area contributed by atoms with Crippen LogP contribution in [0.3, 0.4) is 0 Å². The maximum Gasteiger partial charge on any atom is 0.0952 e. The first-order chi connectivity index (χ1) is 9.61. The predicted molar refractivity (Wildman–Crippen MR) is 84.4 cm³/mol. The van der Waals surface area contributed by atoms with Gasteiger partial charge in [0, 0.05) is 35.9 Å². The van der Waals surface area contributed by atoms with E-state index in [2.05, 4.69) is 36.2 Å². The lowest BCUT2D eigenvalue weighted by Gasteiger charge is -2.21. The molecule has 0 aliphatic carbocycles. The highest BCUT2D eigenvalue weighted by atomic mass is 35.5. The smallest absolute Gasteiger partial charge is 0.0952 e. The van der Waals surface area contributed by atoms with E-state index in [1.165, 1.54) is 0 Å². The van der Waals surface area contributed by atoms with Crippen LogP contribution in [0.2, 0.25) is 5.02 Å². The molecule has 0 aliphatic heterocycles. The second-order valence-corrected chi connectivity index (χ2v) is 5.38. The van der Waals surface area contributed by atoms with Gasteiger partial charge in [-0.05, 0) is 37.2 Å². The van der Waals surface area contributed by atoms with Crippen molar-refractivity contribution in [2.45, 2.75) is 26.4 Å². The third-order valence-corrected chi connectivity index (χ3v) is 3.73. The molecule has 1 heterocycles. The Labute approximate surface area is 125 Å². The summed E-state index contributed by atoms with van der Waals surface area (Å²) >= 11 is 6.40. The van der Waals surface area contributed by atoms with Gasteiger partial charge in [0.1, 0.15) is 0 Å². The van der Waals surface area contributed by atoms with Crippen molar-refractivity contribution in [3.8, 4) is 0 Å². The molecule has 1 N–H and O–H groups in total. The number of rotatable bonds is 6. The number of benzene rings is 1. The topological polar surface area (TPSA) is 28.4 Å². The van der Waals surface area contributed by atoms with E-state index in [0.717, 1.165) is 34.9 Å². The minimum atomic E-state index is 0.265. The maximum absolute atomic E-state index is 6.40. The normalized spacial score (nSPS) is 12.4. The number of nitrogens with one attached hydrogen (secondary N) is 1. The van der Waals surface area contributed by atoms with Crippen LogP contribution >= 0.6 is 11.6 Å². The van der Waals surface area contributed by atoms with E-state index in [1.807, 2.05) is 19.2 Å². The zero-order chi connectivity index (χ0) is 14.5. The van der Waals surface area contributed by atoms with Gasteiger partial charge in [-0.1, -0.05) is 24.6 Å². The molecule has 2 rings (SSSR count). The Morgan fingerprint density at radius 2 is 2.15 bits per heavy atom. The summed E-state index contributed by atoms with van der Waals surface area (Å²) in [4.78, 5) is 2.15. The van der Waals surface area contributed by atoms with Crippen LogP contribution in [-0.4, -0.2) is 13.6 Å². The monoisotopic (exact) mass is 292 g/mol. The summed E-state index contributed by atoms with van der Waals surface area (Å²) < 4.78 is 5.09. The molecule has 1 aromatic carbocycles. The Morgan fingerprint density at radius 1 is 1.35 bits per heavy atom. The van der Waals surface area contributed by atoms with E-state index in [1.54, 1.807) is 12.5 Å². The van der Waals surface area contributed by atoms with Crippen molar-refractivity contribution < 1.29 is 4.42 Å². The van der Waals surface area contributed by atoms with Crippen molar-refractivity contribution in [3.63, 3.8) is 0 Å². The largest absolute Gasteiger partial charge is 0.472 e. The summed E-state index contributed by atoms with van der Waals surface area (Å²) in [6.45, 7) is 5.95. The van der Waals surface area contributed by atoms with Crippen LogP contribution in [-0.2, 0) is 6.54 Å². The second-order valence-electron chi connectivity index (χ2n) is 4.97. The maximum atomic E-state index is 6.40. The van der Waals surface area contributed by atoms with Crippen LogP contribution in [0.4, 0.5) is 5.69 Å². The highest BCUT2D eigenvalue weighted by Crippen LogP contribution is 2.28. The first kappa shape index (κ1) is 14.9. The van der Waals surface area contributed by atoms with Crippen LogP contribution in [0, 0.1) is 0 Å². The molecule has 20 heavy (non-hydrogen) atoms. The number of hydrogen-bond donors (Lipinski definition) is 1. The summed E-state index contributed by atoms with van der Waals surface area (Å²) in [5, 5.41) is 4.18. The fourth-order valence-corrected chi connectivity index (χ4v) is 2.61. The lowest BCUT2D eigenvalue weighted by Crippen LogP contribution is -2.19. The number of furan rings is 1. The van der Waals surface area contributed by atoms with Gasteiger partial charge in [-0.15, -0.1) is 0 Å². The first-order valence-electron chi connectivity index (χ1n) is 6.87. The third-order valence-electron chi connectivity index (χ3n) is 3.40. The predicted octanol–water partition coefficient (Wildman–Crippen LogP) is 4.24. The van der Waals surface area contributed by atoms with Gasteiger partial charge in [-0.25, -0.2) is 0 Å². The molecule has 1 unspecified atom stereocenters. The zero-order valence-corrected chi connectivity index (χ0v) is 12.9. The lowest BCUT2D eigenvalue weighted by atomic mass is 10.1. The average molecular weight is 293 g/mol. The molecule has 1 atom stereocenters. The highest BCUT2D eigenvalue weighted by molar-refractivity contribution is 6.31. The van der Waals surface area contributed by atoms with E-state index in [4.69, 9.17) is 16.0 Å². The van der Waals surface area contributed by atoms with Crippen molar-refractivity contribution in [3.05, 3.63) is 52.9 Å². The van der Waals surface area contributed by atoms with E-state index in [9.17, 15) is 0 Å². The molecule has 1 aromatic heterocycles. The molecule has 0 aliphatic rings. The molecule has 4 heteroatoms. The Kier molecular flexibility index (Phi) is 5.10. The number of hydrogen-bond acceptors (Lipinski definition) is 3. The van der Waals surface area contributed by atoms with Gasteiger partial charge in [-0.3, -0.25) is 0 Å². The molecule has 0 radical (unpaired) electrons. The molecular formula is C16H21ClN2O. The van der Waals surface area contributed by atoms with Crippen molar-refractivity contribution in [1.82, 2.24) is 5.32 Å². The minimum Gasteiger partial charge on any atom is -0.472 e. The fraction of sp³-hybridized carbons (Fsp3) is 0.375. The van der Waals surface area contributed by atoms with E-state index in [0.29, 0.717) is 0 Å². The number of anilines is 1. The van der Waals surface area contributed by atoms with Gasteiger partial charge < -0.3 is 14.6 Å². The van der Waals surface area contributed by atoms with Crippen LogP contribution < -0.4 is 10.2 Å². The Bertz CT molecular complexity index is 539. The molecule has 0 bridgehead atoms. The molecular weight excluding hydrogens is 272 g/mol. The van der Waals surface area contributed by atoms with Crippen molar-refractivity contribution in [2.75, 3.05) is 18.5 Å².